The molecular formula is C26H22N2O4S. The minimum Gasteiger partial charge on any atom is -0.493 e. The SMILES string of the molecule is COc1cc([N+](=O)[O-])cc2c1O[C@@]1(C=C2)N(C)c2ccc3c(sc4ccccc43)c2C1(C)C. The van der Waals surface area contributed by atoms with Gasteiger partial charge in [0.05, 0.1) is 23.5 Å². The number of ether oxygens (including phenoxy) is 2. The minimum absolute atomic E-state index is 0.0240. The van der Waals surface area contributed by atoms with Crippen LogP contribution < -0.4 is 14.4 Å². The Morgan fingerprint density at radius 3 is 2.67 bits per heavy atom. The van der Waals surface area contributed by atoms with E-state index in [2.05, 4.69) is 55.1 Å². The van der Waals surface area contributed by atoms with Crippen LogP contribution >= 0.6 is 11.3 Å². The molecule has 0 saturated heterocycles. The lowest BCUT2D eigenvalue weighted by atomic mass is 9.76. The Balaban J connectivity index is 1.58. The minimum atomic E-state index is -0.809. The van der Waals surface area contributed by atoms with Gasteiger partial charge >= 0.3 is 0 Å². The highest BCUT2D eigenvalue weighted by Gasteiger charge is 2.59. The standard InChI is InChI=1S/C26H22N2O4S/c1-25(2)22-19(10-9-18-17-7-5-6-8-21(17)33-24(18)22)27(3)26(25)12-11-15-13-16(28(29)30)14-20(31-4)23(15)32-26/h5-14H,1-4H3/t26-/m1/s1. The van der Waals surface area contributed by atoms with Gasteiger partial charge in [0.15, 0.2) is 11.5 Å². The van der Waals surface area contributed by atoms with Gasteiger partial charge in [0, 0.05) is 50.1 Å². The summed E-state index contributed by atoms with van der Waals surface area (Å²) in [7, 11) is 3.55. The van der Waals surface area contributed by atoms with E-state index in [1.165, 1.54) is 45.0 Å². The topological polar surface area (TPSA) is 64.8 Å². The van der Waals surface area contributed by atoms with Gasteiger partial charge in [-0.25, -0.2) is 0 Å². The number of benzene rings is 3. The molecule has 0 bridgehead atoms. The normalized spacial score (nSPS) is 20.2. The molecule has 4 aromatic rings. The average Bonchev–Trinajstić information content (AvgIpc) is 3.26. The summed E-state index contributed by atoms with van der Waals surface area (Å²) in [5.41, 5.74) is 1.75. The quantitative estimate of drug-likeness (QED) is 0.253. The molecule has 33 heavy (non-hydrogen) atoms. The largest absolute Gasteiger partial charge is 0.493 e. The molecule has 0 saturated carbocycles. The van der Waals surface area contributed by atoms with E-state index < -0.39 is 16.1 Å². The summed E-state index contributed by atoms with van der Waals surface area (Å²) in [6, 6.07) is 15.8. The van der Waals surface area contributed by atoms with Crippen LogP contribution in [-0.4, -0.2) is 24.8 Å². The third-order valence-electron chi connectivity index (χ3n) is 7.15. The number of non-ortho nitro benzene ring substituents is 1. The first-order valence-corrected chi connectivity index (χ1v) is 11.5. The molecule has 0 fully saturated rings. The fraction of sp³-hybridized carbons (Fsp3) is 0.231. The molecule has 7 heteroatoms. The number of rotatable bonds is 2. The number of nitro benzene ring substituents is 1. The van der Waals surface area contributed by atoms with Crippen molar-refractivity contribution in [2.45, 2.75) is 25.0 Å². The van der Waals surface area contributed by atoms with E-state index >= 15 is 0 Å². The van der Waals surface area contributed by atoms with Crippen LogP contribution in [0, 0.1) is 10.1 Å². The first-order valence-electron chi connectivity index (χ1n) is 10.7. The zero-order valence-corrected chi connectivity index (χ0v) is 19.5. The number of thiophene rings is 1. The zero-order valence-electron chi connectivity index (χ0n) is 18.7. The molecule has 0 N–H and O–H groups in total. The van der Waals surface area contributed by atoms with Crippen molar-refractivity contribution in [3.8, 4) is 11.5 Å². The number of nitro groups is 1. The van der Waals surface area contributed by atoms with E-state index in [9.17, 15) is 10.1 Å². The first kappa shape index (κ1) is 20.1. The van der Waals surface area contributed by atoms with Crippen LogP contribution in [0.5, 0.6) is 11.5 Å². The van der Waals surface area contributed by atoms with E-state index in [4.69, 9.17) is 9.47 Å². The van der Waals surface area contributed by atoms with Gasteiger partial charge in [-0.15, -0.1) is 11.3 Å². The van der Waals surface area contributed by atoms with Crippen LogP contribution in [0.15, 0.2) is 54.6 Å². The molecule has 1 spiro atoms. The van der Waals surface area contributed by atoms with E-state index in [1.807, 2.05) is 30.5 Å². The Morgan fingerprint density at radius 2 is 1.91 bits per heavy atom. The number of hydrogen-bond donors (Lipinski definition) is 0. The van der Waals surface area contributed by atoms with E-state index in [0.29, 0.717) is 17.1 Å². The van der Waals surface area contributed by atoms with Crippen molar-refractivity contribution in [2.75, 3.05) is 19.1 Å². The smallest absolute Gasteiger partial charge is 0.274 e. The lowest BCUT2D eigenvalue weighted by Crippen LogP contribution is -2.58. The summed E-state index contributed by atoms with van der Waals surface area (Å²) in [5, 5.41) is 13.9. The van der Waals surface area contributed by atoms with Gasteiger partial charge in [-0.05, 0) is 38.1 Å². The fourth-order valence-electron chi connectivity index (χ4n) is 5.45. The molecule has 0 unspecified atom stereocenters. The van der Waals surface area contributed by atoms with Gasteiger partial charge in [0.1, 0.15) is 0 Å². The van der Waals surface area contributed by atoms with Gasteiger partial charge in [0.25, 0.3) is 5.69 Å². The molecule has 0 radical (unpaired) electrons. The molecule has 166 valence electrons. The van der Waals surface area contributed by atoms with Gasteiger partial charge in [-0.3, -0.25) is 10.1 Å². The van der Waals surface area contributed by atoms with E-state index in [1.54, 1.807) is 0 Å². The number of methoxy groups -OCH3 is 1. The lowest BCUT2D eigenvalue weighted by Gasteiger charge is -2.45. The molecule has 0 amide bonds. The number of anilines is 1. The summed E-state index contributed by atoms with van der Waals surface area (Å²) in [4.78, 5) is 13.1. The molecule has 6 nitrogen and oxygen atoms in total. The van der Waals surface area contributed by atoms with Gasteiger partial charge in [-0.1, -0.05) is 24.3 Å². The van der Waals surface area contributed by atoms with Crippen LogP contribution in [0.1, 0.15) is 25.0 Å². The number of fused-ring (bicyclic) bond motifs is 6. The molecule has 6 rings (SSSR count). The molecule has 3 aromatic carbocycles. The second-order valence-electron chi connectivity index (χ2n) is 9.07. The number of nitrogens with zero attached hydrogens (tertiary/aromatic N) is 2. The second kappa shape index (κ2) is 6.48. The monoisotopic (exact) mass is 458 g/mol. The predicted molar refractivity (Wildman–Crippen MR) is 133 cm³/mol. The predicted octanol–water partition coefficient (Wildman–Crippen LogP) is 6.50. The van der Waals surface area contributed by atoms with E-state index in [0.717, 1.165) is 5.69 Å². The van der Waals surface area contributed by atoms with Crippen LogP contribution in [-0.2, 0) is 5.41 Å². The van der Waals surface area contributed by atoms with Crippen LogP contribution in [0.3, 0.4) is 0 Å². The highest BCUT2D eigenvalue weighted by Crippen LogP contribution is 2.58. The Kier molecular flexibility index (Phi) is 3.94. The van der Waals surface area contributed by atoms with Gasteiger partial charge in [0.2, 0.25) is 5.72 Å². The Labute approximate surface area is 194 Å². The average molecular weight is 459 g/mol. The van der Waals surface area contributed by atoms with Crippen molar-refractivity contribution in [1.82, 2.24) is 0 Å². The molecule has 2 aliphatic heterocycles. The second-order valence-corrected chi connectivity index (χ2v) is 10.1. The lowest BCUT2D eigenvalue weighted by molar-refractivity contribution is -0.385. The Morgan fingerprint density at radius 1 is 1.12 bits per heavy atom. The summed E-state index contributed by atoms with van der Waals surface area (Å²) in [6.07, 6.45) is 3.94. The van der Waals surface area contributed by atoms with Crippen molar-refractivity contribution >= 4 is 49.0 Å². The molecule has 1 aromatic heterocycles. The molecule has 1 atom stereocenters. The summed E-state index contributed by atoms with van der Waals surface area (Å²) < 4.78 is 14.8. The molecule has 0 aliphatic carbocycles. The van der Waals surface area contributed by atoms with E-state index in [-0.39, 0.29) is 5.69 Å². The highest BCUT2D eigenvalue weighted by atomic mass is 32.1. The van der Waals surface area contributed by atoms with Crippen LogP contribution in [0.2, 0.25) is 0 Å². The number of hydrogen-bond acceptors (Lipinski definition) is 6. The van der Waals surface area contributed by atoms with Gasteiger partial charge in [-0.2, -0.15) is 0 Å². The maximum atomic E-state index is 11.4. The van der Waals surface area contributed by atoms with Crippen molar-refractivity contribution in [1.29, 1.82) is 0 Å². The third-order valence-corrected chi connectivity index (χ3v) is 8.35. The van der Waals surface area contributed by atoms with Crippen molar-refractivity contribution in [3.05, 3.63) is 75.8 Å². The van der Waals surface area contributed by atoms with Crippen LogP contribution in [0.4, 0.5) is 11.4 Å². The first-order chi connectivity index (χ1) is 15.8. The van der Waals surface area contributed by atoms with Crippen molar-refractivity contribution in [3.63, 3.8) is 0 Å². The van der Waals surface area contributed by atoms with Gasteiger partial charge < -0.3 is 14.4 Å². The molecular weight excluding hydrogens is 436 g/mol. The zero-order chi connectivity index (χ0) is 23.1. The third kappa shape index (κ3) is 2.43. The summed E-state index contributed by atoms with van der Waals surface area (Å²) >= 11 is 1.81. The number of likely N-dealkylation sites (N-methyl/N-ethyl adjacent to an activating group) is 1. The maximum absolute atomic E-state index is 11.4. The Hall–Kier alpha value is -3.58. The summed E-state index contributed by atoms with van der Waals surface area (Å²) in [6.45, 7) is 4.40. The van der Waals surface area contributed by atoms with Crippen LogP contribution in [0.25, 0.3) is 26.2 Å². The summed E-state index contributed by atoms with van der Waals surface area (Å²) in [5.74, 6) is 0.876. The molecule has 3 heterocycles. The van der Waals surface area contributed by atoms with Crippen molar-refractivity contribution < 1.29 is 14.4 Å². The highest BCUT2D eigenvalue weighted by molar-refractivity contribution is 7.26. The fourth-order valence-corrected chi connectivity index (χ4v) is 6.85. The Bertz CT molecular complexity index is 1520. The maximum Gasteiger partial charge on any atom is 0.274 e. The van der Waals surface area contributed by atoms with Crippen molar-refractivity contribution in [2.24, 2.45) is 0 Å². The molecule has 2 aliphatic rings.